The molecule has 3 heteroatoms. The van der Waals surface area contributed by atoms with Crippen molar-refractivity contribution in [3.8, 4) is 0 Å². The van der Waals surface area contributed by atoms with E-state index in [1.54, 1.807) is 0 Å². The number of aliphatic hydroxyl groups is 1. The van der Waals surface area contributed by atoms with E-state index in [1.165, 1.54) is 32.4 Å². The van der Waals surface area contributed by atoms with Gasteiger partial charge in [-0.1, -0.05) is 13.8 Å². The first kappa shape index (κ1) is 14.9. The molecular weight excluding hydrogens is 212 g/mol. The summed E-state index contributed by atoms with van der Waals surface area (Å²) in [4.78, 5) is 4.76. The normalized spacial score (nSPS) is 21.4. The van der Waals surface area contributed by atoms with Gasteiger partial charge in [-0.3, -0.25) is 0 Å². The summed E-state index contributed by atoms with van der Waals surface area (Å²) in [6.45, 7) is 8.28. The maximum atomic E-state index is 9.39. The Kier molecular flexibility index (Phi) is 6.45. The molecule has 0 saturated carbocycles. The Balaban J connectivity index is 2.25. The molecule has 1 heterocycles. The minimum atomic E-state index is 0.279. The molecule has 102 valence electrons. The number of piperidine rings is 1. The van der Waals surface area contributed by atoms with E-state index in [2.05, 4.69) is 37.7 Å². The van der Waals surface area contributed by atoms with Crippen molar-refractivity contribution in [3.05, 3.63) is 0 Å². The van der Waals surface area contributed by atoms with E-state index in [9.17, 15) is 5.11 Å². The van der Waals surface area contributed by atoms with Crippen molar-refractivity contribution in [2.45, 2.75) is 39.2 Å². The van der Waals surface area contributed by atoms with Crippen LogP contribution in [-0.4, -0.2) is 61.3 Å². The van der Waals surface area contributed by atoms with Crippen LogP contribution >= 0.6 is 0 Å². The maximum absolute atomic E-state index is 9.39. The molecule has 1 N–H and O–H groups in total. The van der Waals surface area contributed by atoms with Crippen LogP contribution in [0.4, 0.5) is 0 Å². The average molecular weight is 242 g/mol. The fourth-order valence-electron chi connectivity index (χ4n) is 2.76. The Hall–Kier alpha value is -0.120. The number of aliphatic hydroxyl groups excluding tert-OH is 1. The third-order valence-electron chi connectivity index (χ3n) is 4.25. The number of likely N-dealkylation sites (tertiary alicyclic amines) is 1. The van der Waals surface area contributed by atoms with Gasteiger partial charge in [0.1, 0.15) is 0 Å². The van der Waals surface area contributed by atoms with Crippen LogP contribution in [0, 0.1) is 11.8 Å². The van der Waals surface area contributed by atoms with E-state index in [-0.39, 0.29) is 6.61 Å². The second-order valence-electron chi connectivity index (χ2n) is 6.01. The Morgan fingerprint density at radius 3 is 2.35 bits per heavy atom. The molecular formula is C14H30N2O. The van der Waals surface area contributed by atoms with Gasteiger partial charge in [-0.15, -0.1) is 0 Å². The van der Waals surface area contributed by atoms with E-state index in [0.29, 0.717) is 12.0 Å². The molecule has 0 aliphatic carbocycles. The molecule has 1 rings (SSSR count). The molecule has 1 unspecified atom stereocenters. The van der Waals surface area contributed by atoms with E-state index in [0.717, 1.165) is 12.5 Å². The zero-order valence-electron chi connectivity index (χ0n) is 12.0. The van der Waals surface area contributed by atoms with E-state index in [1.807, 2.05) is 0 Å². The van der Waals surface area contributed by atoms with Crippen LogP contribution in [0.3, 0.4) is 0 Å². The molecule has 0 spiro atoms. The van der Waals surface area contributed by atoms with Gasteiger partial charge < -0.3 is 14.9 Å². The molecule has 1 aliphatic heterocycles. The van der Waals surface area contributed by atoms with Crippen molar-refractivity contribution in [2.24, 2.45) is 11.8 Å². The lowest BCUT2D eigenvalue weighted by atomic mass is 9.93. The maximum Gasteiger partial charge on any atom is 0.0589 e. The van der Waals surface area contributed by atoms with Gasteiger partial charge >= 0.3 is 0 Å². The molecule has 1 saturated heterocycles. The summed E-state index contributed by atoms with van der Waals surface area (Å²) < 4.78 is 0. The van der Waals surface area contributed by atoms with Crippen LogP contribution < -0.4 is 0 Å². The van der Waals surface area contributed by atoms with E-state index >= 15 is 0 Å². The minimum Gasteiger partial charge on any atom is -0.395 e. The molecule has 1 aliphatic rings. The lowest BCUT2D eigenvalue weighted by Crippen LogP contribution is -2.40. The molecule has 0 aromatic carbocycles. The van der Waals surface area contributed by atoms with Crippen LogP contribution in [0.1, 0.15) is 33.1 Å². The first-order valence-corrected chi connectivity index (χ1v) is 7.04. The summed E-state index contributed by atoms with van der Waals surface area (Å²) in [5, 5.41) is 9.39. The quantitative estimate of drug-likeness (QED) is 0.767. The number of likely N-dealkylation sites (N-methyl/N-ethyl adjacent to an activating group) is 1. The van der Waals surface area contributed by atoms with Gasteiger partial charge in [0.15, 0.2) is 0 Å². The summed E-state index contributed by atoms with van der Waals surface area (Å²) in [5.74, 6) is 1.42. The zero-order chi connectivity index (χ0) is 12.8. The SMILES string of the molecule is CC(C)C(CO)N(C)CCC1CCN(C)CC1. The smallest absolute Gasteiger partial charge is 0.0589 e. The standard InChI is InChI=1S/C14H30N2O/c1-12(2)14(11-17)16(4)10-7-13-5-8-15(3)9-6-13/h12-14,17H,5-11H2,1-4H3. The van der Waals surface area contributed by atoms with Crippen LogP contribution in [0.15, 0.2) is 0 Å². The summed E-state index contributed by atoms with van der Waals surface area (Å²) in [5.41, 5.74) is 0. The van der Waals surface area contributed by atoms with Crippen LogP contribution in [0.25, 0.3) is 0 Å². The number of hydrogen-bond acceptors (Lipinski definition) is 3. The Bertz CT molecular complexity index is 200. The molecule has 0 aromatic rings. The highest BCUT2D eigenvalue weighted by Crippen LogP contribution is 2.20. The van der Waals surface area contributed by atoms with E-state index < -0.39 is 0 Å². The van der Waals surface area contributed by atoms with E-state index in [4.69, 9.17) is 0 Å². The van der Waals surface area contributed by atoms with Crippen molar-refractivity contribution in [3.63, 3.8) is 0 Å². The first-order valence-electron chi connectivity index (χ1n) is 7.04. The Morgan fingerprint density at radius 1 is 1.29 bits per heavy atom. The van der Waals surface area contributed by atoms with Gasteiger partial charge in [0.05, 0.1) is 6.61 Å². The summed E-state index contributed by atoms with van der Waals surface area (Å²) in [6.07, 6.45) is 3.97. The van der Waals surface area contributed by atoms with Crippen LogP contribution in [0.5, 0.6) is 0 Å². The van der Waals surface area contributed by atoms with Crippen LogP contribution in [0.2, 0.25) is 0 Å². The predicted molar refractivity (Wildman–Crippen MR) is 73.2 cm³/mol. The molecule has 0 aromatic heterocycles. The second kappa shape index (κ2) is 7.34. The molecule has 0 radical (unpaired) electrons. The van der Waals surface area contributed by atoms with Gasteiger partial charge in [-0.25, -0.2) is 0 Å². The molecule has 3 nitrogen and oxygen atoms in total. The predicted octanol–water partition coefficient (Wildman–Crippen LogP) is 1.67. The van der Waals surface area contributed by atoms with Crippen molar-refractivity contribution in [2.75, 3.05) is 40.3 Å². The topological polar surface area (TPSA) is 26.7 Å². The number of rotatable bonds is 6. The van der Waals surface area contributed by atoms with Gasteiger partial charge in [-0.2, -0.15) is 0 Å². The lowest BCUT2D eigenvalue weighted by Gasteiger charge is -2.33. The number of hydrogen-bond donors (Lipinski definition) is 1. The highest BCUT2D eigenvalue weighted by atomic mass is 16.3. The summed E-state index contributed by atoms with van der Waals surface area (Å²) in [7, 11) is 4.36. The average Bonchev–Trinajstić information content (AvgIpc) is 2.28. The summed E-state index contributed by atoms with van der Waals surface area (Å²) in [6, 6.07) is 0.321. The van der Waals surface area contributed by atoms with Gasteiger partial charge in [0.25, 0.3) is 0 Å². The van der Waals surface area contributed by atoms with Gasteiger partial charge in [0, 0.05) is 6.04 Å². The monoisotopic (exact) mass is 242 g/mol. The highest BCUT2D eigenvalue weighted by Gasteiger charge is 2.20. The van der Waals surface area contributed by atoms with Crippen molar-refractivity contribution < 1.29 is 5.11 Å². The Labute approximate surface area is 107 Å². The number of nitrogens with zero attached hydrogens (tertiary/aromatic N) is 2. The lowest BCUT2D eigenvalue weighted by molar-refractivity contribution is 0.102. The summed E-state index contributed by atoms with van der Waals surface area (Å²) >= 11 is 0. The highest BCUT2D eigenvalue weighted by molar-refractivity contribution is 4.75. The van der Waals surface area contributed by atoms with Crippen LogP contribution in [-0.2, 0) is 0 Å². The fourth-order valence-corrected chi connectivity index (χ4v) is 2.76. The Morgan fingerprint density at radius 2 is 1.88 bits per heavy atom. The molecule has 1 fully saturated rings. The molecule has 0 bridgehead atoms. The van der Waals surface area contributed by atoms with Crippen molar-refractivity contribution in [1.29, 1.82) is 0 Å². The molecule has 0 amide bonds. The van der Waals surface area contributed by atoms with Crippen molar-refractivity contribution in [1.82, 2.24) is 9.80 Å². The fraction of sp³-hybridized carbons (Fsp3) is 1.00. The second-order valence-corrected chi connectivity index (χ2v) is 6.01. The third kappa shape index (κ3) is 4.94. The zero-order valence-corrected chi connectivity index (χ0v) is 12.0. The molecule has 1 atom stereocenters. The largest absolute Gasteiger partial charge is 0.395 e. The van der Waals surface area contributed by atoms with Crippen molar-refractivity contribution >= 4 is 0 Å². The van der Waals surface area contributed by atoms with Gasteiger partial charge in [-0.05, 0) is 64.8 Å². The molecule has 17 heavy (non-hydrogen) atoms. The van der Waals surface area contributed by atoms with Gasteiger partial charge in [0.2, 0.25) is 0 Å². The first-order chi connectivity index (χ1) is 8.04. The minimum absolute atomic E-state index is 0.279. The third-order valence-corrected chi connectivity index (χ3v) is 4.25.